The molecule has 0 saturated heterocycles. The number of unbranched alkanes of at least 4 members (excludes halogenated alkanes) is 2. The first-order valence-electron chi connectivity index (χ1n) is 16.6. The van der Waals surface area contributed by atoms with E-state index >= 15 is 0 Å². The highest BCUT2D eigenvalue weighted by Gasteiger charge is 2.33. The Morgan fingerprint density at radius 1 is 1.04 bits per heavy atom. The predicted octanol–water partition coefficient (Wildman–Crippen LogP) is 4.92. The molecule has 0 radical (unpaired) electrons. The zero-order valence-electron chi connectivity index (χ0n) is 28.6. The number of nitrogens with zero attached hydrogens (tertiary/aromatic N) is 2. The van der Waals surface area contributed by atoms with Crippen LogP contribution in [-0.2, 0) is 30.8 Å². The van der Waals surface area contributed by atoms with Crippen molar-refractivity contribution in [2.24, 2.45) is 5.92 Å². The molecule has 0 bridgehead atoms. The number of hydrogen-bond donors (Lipinski definition) is 4. The molecule has 1 heterocycles. The molecule has 0 unspecified atom stereocenters. The number of ether oxygens (including phenoxy) is 1. The van der Waals surface area contributed by atoms with Crippen molar-refractivity contribution in [3.05, 3.63) is 77.3 Å². The Kier molecular flexibility index (Phi) is 13.6. The number of halogens is 1. The molecule has 50 heavy (non-hydrogen) atoms. The van der Waals surface area contributed by atoms with E-state index in [4.69, 9.17) is 22.1 Å². The lowest BCUT2D eigenvalue weighted by Gasteiger charge is -2.33. The van der Waals surface area contributed by atoms with Gasteiger partial charge in [-0.1, -0.05) is 37.1 Å². The molecule has 0 aliphatic carbocycles. The second-order valence-corrected chi connectivity index (χ2v) is 15.2. The minimum absolute atomic E-state index is 0.0123. The first-order chi connectivity index (χ1) is 23.8. The Labute approximate surface area is 299 Å². The maximum Gasteiger partial charge on any atom is 0.242 e. The quantitative estimate of drug-likeness (QED) is 0.134. The second-order valence-electron chi connectivity index (χ2n) is 12.7. The minimum atomic E-state index is -3.88. The minimum Gasteiger partial charge on any atom is -0.488 e. The number of carbonyl (C=O) groups is 3. The van der Waals surface area contributed by atoms with Crippen LogP contribution in [0.15, 0.2) is 71.6 Å². The highest BCUT2D eigenvalue weighted by atomic mass is 35.5. The van der Waals surface area contributed by atoms with Crippen LogP contribution in [0.3, 0.4) is 0 Å². The molecule has 3 amide bonds. The van der Waals surface area contributed by atoms with Gasteiger partial charge in [-0.25, -0.2) is 8.42 Å². The molecule has 12 nitrogen and oxygen atoms in total. The summed E-state index contributed by atoms with van der Waals surface area (Å²) in [5.74, 6) is -0.492. The molecular formula is C36H46ClN5O7S. The lowest BCUT2D eigenvalue weighted by Crippen LogP contribution is -2.48. The van der Waals surface area contributed by atoms with Gasteiger partial charge in [-0.15, -0.1) is 0 Å². The van der Waals surface area contributed by atoms with Gasteiger partial charge in [-0.05, 0) is 74.4 Å². The van der Waals surface area contributed by atoms with Gasteiger partial charge in [-0.3, -0.25) is 14.4 Å². The van der Waals surface area contributed by atoms with Gasteiger partial charge in [0.15, 0.2) is 0 Å². The molecule has 270 valence electrons. The smallest absolute Gasteiger partial charge is 0.242 e. The molecular weight excluding hydrogens is 682 g/mol. The third-order valence-electron chi connectivity index (χ3n) is 8.70. The number of sulfonamides is 1. The number of hydrogen-bond acceptors (Lipinski definition) is 8. The Hall–Kier alpha value is -4.17. The third kappa shape index (κ3) is 10.4. The van der Waals surface area contributed by atoms with Gasteiger partial charge < -0.3 is 31.1 Å². The SMILES string of the molecule is C[C@H](CO)N1C[C@H](C)[C@H](CN(C)S(=O)(=O)c2ccc(Cl)cc2)Oc2ccc(NC(=O)CCCCCC(=O)Nc3ccccc3N)cc2CC1=O. The van der Waals surface area contributed by atoms with Crippen LogP contribution < -0.4 is 21.1 Å². The number of aliphatic hydroxyl groups excluding tert-OH is 1. The summed E-state index contributed by atoms with van der Waals surface area (Å²) in [5.41, 5.74) is 7.96. The van der Waals surface area contributed by atoms with E-state index < -0.39 is 22.2 Å². The predicted molar refractivity (Wildman–Crippen MR) is 194 cm³/mol. The summed E-state index contributed by atoms with van der Waals surface area (Å²) < 4.78 is 34.5. The first-order valence-corrected chi connectivity index (χ1v) is 18.5. The fourth-order valence-electron chi connectivity index (χ4n) is 5.66. The van der Waals surface area contributed by atoms with E-state index in [2.05, 4.69) is 10.6 Å². The van der Waals surface area contributed by atoms with Gasteiger partial charge in [0, 0.05) is 48.6 Å². The van der Waals surface area contributed by atoms with Crippen molar-refractivity contribution >= 4 is 56.4 Å². The van der Waals surface area contributed by atoms with Gasteiger partial charge in [0.05, 0.1) is 41.9 Å². The number of rotatable bonds is 14. The van der Waals surface area contributed by atoms with Crippen molar-refractivity contribution < 1.29 is 32.6 Å². The maximum absolute atomic E-state index is 13.6. The van der Waals surface area contributed by atoms with E-state index in [-0.39, 0.29) is 61.1 Å². The zero-order valence-corrected chi connectivity index (χ0v) is 30.2. The molecule has 0 fully saturated rings. The number of carbonyl (C=O) groups excluding carboxylic acids is 3. The summed E-state index contributed by atoms with van der Waals surface area (Å²) in [6.07, 6.45) is 1.73. The molecule has 3 atom stereocenters. The van der Waals surface area contributed by atoms with Crippen molar-refractivity contribution in [3.63, 3.8) is 0 Å². The summed E-state index contributed by atoms with van der Waals surface area (Å²) in [7, 11) is -2.41. The first kappa shape index (κ1) is 38.6. The van der Waals surface area contributed by atoms with Crippen molar-refractivity contribution in [3.8, 4) is 5.75 Å². The van der Waals surface area contributed by atoms with Crippen LogP contribution in [0.2, 0.25) is 5.02 Å². The molecule has 0 spiro atoms. The van der Waals surface area contributed by atoms with Crippen molar-refractivity contribution in [2.45, 2.75) is 69.4 Å². The standard InChI is InChI=1S/C36H46ClN5O7S/c1-24-21-42(25(2)23-43)36(46)20-26-19-28(39-34(44)11-5-4-6-12-35(45)40-31-10-8-7-9-30(31)38)15-18-32(26)49-33(24)22-41(3)50(47,48)29-16-13-27(37)14-17-29/h7-10,13-19,24-25,33,43H,4-6,11-12,20-23,38H2,1-3H3,(H,39,44)(H,40,45)/t24-,25+,33-/m0/s1. The highest BCUT2D eigenvalue weighted by Crippen LogP contribution is 2.30. The number of nitrogens with two attached hydrogens (primary N) is 1. The van der Waals surface area contributed by atoms with Crippen LogP contribution in [0.25, 0.3) is 0 Å². The number of nitrogen functional groups attached to an aromatic ring is 1. The Bertz CT molecular complexity index is 1760. The van der Waals surface area contributed by atoms with E-state index in [1.165, 1.54) is 35.6 Å². The zero-order chi connectivity index (χ0) is 36.4. The lowest BCUT2D eigenvalue weighted by atomic mass is 10.0. The summed E-state index contributed by atoms with van der Waals surface area (Å²) in [4.78, 5) is 40.3. The summed E-state index contributed by atoms with van der Waals surface area (Å²) in [6.45, 7) is 3.60. The summed E-state index contributed by atoms with van der Waals surface area (Å²) >= 11 is 5.97. The average molecular weight is 728 g/mol. The normalized spacial score (nSPS) is 17.2. The van der Waals surface area contributed by atoms with E-state index in [0.717, 1.165) is 0 Å². The van der Waals surface area contributed by atoms with Gasteiger partial charge in [0.25, 0.3) is 0 Å². The average Bonchev–Trinajstić information content (AvgIpc) is 3.12. The number of aliphatic hydroxyl groups is 1. The van der Waals surface area contributed by atoms with Crippen LogP contribution in [-0.4, -0.2) is 79.3 Å². The van der Waals surface area contributed by atoms with Crippen molar-refractivity contribution in [1.82, 2.24) is 9.21 Å². The molecule has 1 aliphatic heterocycles. The lowest BCUT2D eigenvalue weighted by molar-refractivity contribution is -0.134. The van der Waals surface area contributed by atoms with Crippen LogP contribution in [0.1, 0.15) is 51.5 Å². The number of benzene rings is 3. The van der Waals surface area contributed by atoms with Crippen LogP contribution in [0.5, 0.6) is 5.75 Å². The molecule has 14 heteroatoms. The van der Waals surface area contributed by atoms with Gasteiger partial charge >= 0.3 is 0 Å². The fourth-order valence-corrected chi connectivity index (χ4v) is 6.97. The topological polar surface area (TPSA) is 171 Å². The monoisotopic (exact) mass is 727 g/mol. The van der Waals surface area contributed by atoms with Gasteiger partial charge in [0.2, 0.25) is 27.7 Å². The Balaban J connectivity index is 1.41. The van der Waals surface area contributed by atoms with E-state index in [1.807, 2.05) is 6.92 Å². The number of nitrogens with one attached hydrogen (secondary N) is 2. The number of anilines is 3. The van der Waals surface area contributed by atoms with Crippen molar-refractivity contribution in [2.75, 3.05) is 43.1 Å². The van der Waals surface area contributed by atoms with Gasteiger partial charge in [0.1, 0.15) is 11.9 Å². The number of amides is 3. The molecule has 0 saturated carbocycles. The molecule has 0 aromatic heterocycles. The van der Waals surface area contributed by atoms with Crippen LogP contribution >= 0.6 is 11.6 Å². The van der Waals surface area contributed by atoms with Crippen LogP contribution in [0, 0.1) is 5.92 Å². The fraction of sp³-hybridized carbons (Fsp3) is 0.417. The largest absolute Gasteiger partial charge is 0.488 e. The number of likely N-dealkylation sites (N-methyl/N-ethyl adjacent to an activating group) is 1. The van der Waals surface area contributed by atoms with E-state index in [0.29, 0.717) is 59.1 Å². The van der Waals surface area contributed by atoms with E-state index in [9.17, 15) is 27.9 Å². The Morgan fingerprint density at radius 3 is 2.36 bits per heavy atom. The number of fused-ring (bicyclic) bond motifs is 1. The summed E-state index contributed by atoms with van der Waals surface area (Å²) in [6, 6.07) is 17.5. The summed E-state index contributed by atoms with van der Waals surface area (Å²) in [5, 5.41) is 16.0. The molecule has 3 aromatic rings. The highest BCUT2D eigenvalue weighted by molar-refractivity contribution is 7.89. The second kappa shape index (κ2) is 17.7. The maximum atomic E-state index is 13.6. The molecule has 5 N–H and O–H groups in total. The third-order valence-corrected chi connectivity index (χ3v) is 10.8. The molecule has 1 aliphatic rings. The molecule has 4 rings (SSSR count). The van der Waals surface area contributed by atoms with Gasteiger partial charge in [-0.2, -0.15) is 4.31 Å². The molecule has 3 aromatic carbocycles. The Morgan fingerprint density at radius 2 is 1.70 bits per heavy atom. The van der Waals surface area contributed by atoms with E-state index in [1.54, 1.807) is 54.3 Å². The van der Waals surface area contributed by atoms with Crippen LogP contribution in [0.4, 0.5) is 17.1 Å². The number of para-hydroxylation sites is 2. The van der Waals surface area contributed by atoms with Crippen molar-refractivity contribution in [1.29, 1.82) is 0 Å².